The molecule has 0 aliphatic carbocycles. The summed E-state index contributed by atoms with van der Waals surface area (Å²) in [6.07, 6.45) is 0. The topological polar surface area (TPSA) is 54.9 Å². The van der Waals surface area contributed by atoms with Crippen molar-refractivity contribution < 1.29 is 4.79 Å². The Kier molecular flexibility index (Phi) is 3.61. The maximum Gasteiger partial charge on any atom is 0.255 e. The number of halogens is 1. The van der Waals surface area contributed by atoms with E-state index >= 15 is 0 Å². The van der Waals surface area contributed by atoms with Crippen LogP contribution in [0.2, 0.25) is 5.02 Å². The van der Waals surface area contributed by atoms with Crippen LogP contribution < -0.4 is 5.32 Å². The van der Waals surface area contributed by atoms with E-state index < -0.39 is 0 Å². The summed E-state index contributed by atoms with van der Waals surface area (Å²) >= 11 is 7.20. The van der Waals surface area contributed by atoms with Gasteiger partial charge in [0.2, 0.25) is 0 Å². The van der Waals surface area contributed by atoms with Crippen LogP contribution in [0.4, 0.5) is 5.69 Å². The Morgan fingerprint density at radius 2 is 1.90 bits per heavy atom. The molecule has 1 aromatic heterocycles. The lowest BCUT2D eigenvalue weighted by molar-refractivity contribution is 0.102. The number of rotatable bonds is 2. The van der Waals surface area contributed by atoms with E-state index in [-0.39, 0.29) is 5.91 Å². The summed E-state index contributed by atoms with van der Waals surface area (Å²) in [6, 6.07) is 9.06. The molecule has 1 amide bonds. The largest absolute Gasteiger partial charge is 0.320 e. The highest BCUT2D eigenvalue weighted by molar-refractivity contribution is 7.00. The number of fused-ring (bicyclic) bond motifs is 1. The minimum Gasteiger partial charge on any atom is -0.320 e. The lowest BCUT2D eigenvalue weighted by Gasteiger charge is -2.09. The zero-order valence-corrected chi connectivity index (χ0v) is 13.0. The molecule has 106 valence electrons. The molecule has 0 radical (unpaired) electrons. The third-order valence-corrected chi connectivity index (χ3v) is 4.26. The van der Waals surface area contributed by atoms with Gasteiger partial charge in [-0.2, -0.15) is 8.75 Å². The molecule has 1 N–H and O–H groups in total. The molecule has 0 saturated heterocycles. The minimum atomic E-state index is -0.208. The van der Waals surface area contributed by atoms with Gasteiger partial charge in [0.25, 0.3) is 5.91 Å². The maximum atomic E-state index is 12.4. The van der Waals surface area contributed by atoms with Crippen LogP contribution in [-0.2, 0) is 0 Å². The van der Waals surface area contributed by atoms with Crippen molar-refractivity contribution in [1.29, 1.82) is 0 Å². The highest BCUT2D eigenvalue weighted by Crippen LogP contribution is 2.26. The average Bonchev–Trinajstić information content (AvgIpc) is 2.93. The molecule has 0 aliphatic rings. The first-order valence-electron chi connectivity index (χ1n) is 6.35. The van der Waals surface area contributed by atoms with Crippen molar-refractivity contribution in [2.75, 3.05) is 5.32 Å². The molecular weight excluding hydrogens is 306 g/mol. The Labute approximate surface area is 131 Å². The molecule has 1 heterocycles. The minimum absolute atomic E-state index is 0.208. The molecule has 21 heavy (non-hydrogen) atoms. The second kappa shape index (κ2) is 5.42. The van der Waals surface area contributed by atoms with E-state index in [1.165, 1.54) is 0 Å². The van der Waals surface area contributed by atoms with Crippen LogP contribution in [0.15, 0.2) is 30.3 Å². The molecule has 0 atom stereocenters. The normalized spacial score (nSPS) is 10.8. The van der Waals surface area contributed by atoms with E-state index in [0.717, 1.165) is 28.4 Å². The van der Waals surface area contributed by atoms with Crippen LogP contribution >= 0.6 is 23.3 Å². The van der Waals surface area contributed by atoms with E-state index in [1.54, 1.807) is 12.1 Å². The summed E-state index contributed by atoms with van der Waals surface area (Å²) in [5, 5.41) is 3.49. The van der Waals surface area contributed by atoms with Crippen molar-refractivity contribution in [3.05, 3.63) is 52.0 Å². The number of anilines is 1. The Morgan fingerprint density at radius 1 is 1.14 bits per heavy atom. The zero-order chi connectivity index (χ0) is 15.0. The first-order valence-corrected chi connectivity index (χ1v) is 7.46. The van der Waals surface area contributed by atoms with Gasteiger partial charge in [-0.1, -0.05) is 23.7 Å². The van der Waals surface area contributed by atoms with Crippen molar-refractivity contribution in [3.63, 3.8) is 0 Å². The number of hydrogen-bond acceptors (Lipinski definition) is 4. The number of hydrogen-bond donors (Lipinski definition) is 1. The van der Waals surface area contributed by atoms with E-state index in [2.05, 4.69) is 14.1 Å². The highest BCUT2D eigenvalue weighted by Gasteiger charge is 2.13. The Bertz CT molecular complexity index is 844. The lowest BCUT2D eigenvalue weighted by Crippen LogP contribution is -2.13. The van der Waals surface area contributed by atoms with Gasteiger partial charge in [-0.15, -0.1) is 0 Å². The van der Waals surface area contributed by atoms with Gasteiger partial charge in [-0.05, 0) is 43.2 Å². The monoisotopic (exact) mass is 317 g/mol. The van der Waals surface area contributed by atoms with Gasteiger partial charge in [-0.3, -0.25) is 4.79 Å². The predicted octanol–water partition coefficient (Wildman–Crippen LogP) is 4.21. The van der Waals surface area contributed by atoms with Crippen LogP contribution in [0, 0.1) is 13.8 Å². The summed E-state index contributed by atoms with van der Waals surface area (Å²) in [5.74, 6) is -0.208. The van der Waals surface area contributed by atoms with E-state index in [9.17, 15) is 4.79 Å². The first-order chi connectivity index (χ1) is 10.1. The lowest BCUT2D eigenvalue weighted by atomic mass is 10.1. The molecule has 4 nitrogen and oxygen atoms in total. The van der Waals surface area contributed by atoms with Gasteiger partial charge >= 0.3 is 0 Å². The van der Waals surface area contributed by atoms with Crippen molar-refractivity contribution in [3.8, 4) is 0 Å². The van der Waals surface area contributed by atoms with E-state index in [1.807, 2.05) is 32.0 Å². The maximum absolute atomic E-state index is 12.4. The van der Waals surface area contributed by atoms with Gasteiger partial charge in [0, 0.05) is 10.6 Å². The molecule has 3 rings (SSSR count). The molecule has 0 spiro atoms. The van der Waals surface area contributed by atoms with Crippen LogP contribution in [-0.4, -0.2) is 14.7 Å². The van der Waals surface area contributed by atoms with Crippen molar-refractivity contribution in [2.24, 2.45) is 0 Å². The van der Waals surface area contributed by atoms with Crippen LogP contribution in [0.3, 0.4) is 0 Å². The SMILES string of the molecule is Cc1ccc(C(=O)Nc2c(C)ccc3nsnc23)cc1Cl. The third kappa shape index (κ3) is 2.62. The highest BCUT2D eigenvalue weighted by atomic mass is 35.5. The standard InChI is InChI=1S/C15H12ClN3OS/c1-8-3-5-10(7-11(8)16)15(20)17-13-9(2)4-6-12-14(13)19-21-18-12/h3-7H,1-2H3,(H,17,20). The Morgan fingerprint density at radius 3 is 2.67 bits per heavy atom. The number of amides is 1. The fraction of sp³-hybridized carbons (Fsp3) is 0.133. The second-order valence-electron chi connectivity index (χ2n) is 4.81. The summed E-state index contributed by atoms with van der Waals surface area (Å²) in [6.45, 7) is 3.83. The molecule has 3 aromatic rings. The van der Waals surface area contributed by atoms with Crippen molar-refractivity contribution in [2.45, 2.75) is 13.8 Å². The smallest absolute Gasteiger partial charge is 0.255 e. The molecule has 0 fully saturated rings. The predicted molar refractivity (Wildman–Crippen MR) is 86.3 cm³/mol. The first kappa shape index (κ1) is 14.0. The van der Waals surface area contributed by atoms with Gasteiger partial charge in [0.1, 0.15) is 11.0 Å². The van der Waals surface area contributed by atoms with Gasteiger partial charge in [-0.25, -0.2) is 0 Å². The Hall–Kier alpha value is -1.98. The number of nitrogens with zero attached hydrogens (tertiary/aromatic N) is 2. The van der Waals surface area contributed by atoms with Gasteiger partial charge in [0.15, 0.2) is 0 Å². The zero-order valence-electron chi connectivity index (χ0n) is 11.5. The number of carbonyl (C=O) groups is 1. The fourth-order valence-electron chi connectivity index (χ4n) is 2.03. The molecule has 0 bridgehead atoms. The molecule has 0 saturated carbocycles. The number of aromatic nitrogens is 2. The molecule has 6 heteroatoms. The van der Waals surface area contributed by atoms with Crippen LogP contribution in [0.5, 0.6) is 0 Å². The molecule has 2 aromatic carbocycles. The van der Waals surface area contributed by atoms with E-state index in [0.29, 0.717) is 21.8 Å². The van der Waals surface area contributed by atoms with E-state index in [4.69, 9.17) is 11.6 Å². The van der Waals surface area contributed by atoms with Crippen LogP contribution in [0.1, 0.15) is 21.5 Å². The second-order valence-corrected chi connectivity index (χ2v) is 5.74. The molecular formula is C15H12ClN3OS. The number of nitrogens with one attached hydrogen (secondary N) is 1. The third-order valence-electron chi connectivity index (χ3n) is 3.31. The molecule has 0 unspecified atom stereocenters. The Balaban J connectivity index is 1.98. The van der Waals surface area contributed by atoms with Crippen molar-refractivity contribution in [1.82, 2.24) is 8.75 Å². The number of benzene rings is 2. The van der Waals surface area contributed by atoms with Gasteiger partial charge in [0.05, 0.1) is 17.4 Å². The number of aryl methyl sites for hydroxylation is 2. The van der Waals surface area contributed by atoms with Crippen molar-refractivity contribution >= 4 is 46.0 Å². The fourth-order valence-corrected chi connectivity index (χ4v) is 2.75. The van der Waals surface area contributed by atoms with Gasteiger partial charge < -0.3 is 5.32 Å². The summed E-state index contributed by atoms with van der Waals surface area (Å²) in [5.41, 5.74) is 4.60. The van der Waals surface area contributed by atoms with Crippen LogP contribution in [0.25, 0.3) is 11.0 Å². The average molecular weight is 318 g/mol. The summed E-state index contributed by atoms with van der Waals surface area (Å²) in [7, 11) is 0. The quantitative estimate of drug-likeness (QED) is 0.770. The summed E-state index contributed by atoms with van der Waals surface area (Å²) < 4.78 is 8.43. The number of carbonyl (C=O) groups excluding carboxylic acids is 1. The molecule has 0 aliphatic heterocycles. The summed E-state index contributed by atoms with van der Waals surface area (Å²) in [4.78, 5) is 12.4.